The van der Waals surface area contributed by atoms with Crippen molar-refractivity contribution in [3.8, 4) is 0 Å². The molecule has 3 nitrogen and oxygen atoms in total. The first-order chi connectivity index (χ1) is 8.85. The van der Waals surface area contributed by atoms with Crippen molar-refractivity contribution in [2.75, 3.05) is 0 Å². The van der Waals surface area contributed by atoms with E-state index in [1.165, 1.54) is 18.0 Å². The normalized spacial score (nSPS) is 17.4. The third-order valence-electron chi connectivity index (χ3n) is 2.86. The molecule has 4 heteroatoms. The molecule has 0 aliphatic heterocycles. The summed E-state index contributed by atoms with van der Waals surface area (Å²) in [6.45, 7) is 12.3. The summed E-state index contributed by atoms with van der Waals surface area (Å²) in [7, 11) is -2.72. The Kier molecular flexibility index (Phi) is 6.73. The first-order valence-electron chi connectivity index (χ1n) is 7.58. The molecule has 0 radical (unpaired) electrons. The molecule has 0 atom stereocenters. The first-order valence-corrected chi connectivity index (χ1v) is 9.31. The maximum absolute atomic E-state index is 6.23. The Balaban J connectivity index is 3.03. The van der Waals surface area contributed by atoms with Crippen LogP contribution in [0.1, 0.15) is 67.2 Å². The minimum absolute atomic E-state index is 0.118. The topological polar surface area (TPSA) is 27.7 Å². The second-order valence-corrected chi connectivity index (χ2v) is 8.49. The van der Waals surface area contributed by atoms with Crippen LogP contribution in [0.5, 0.6) is 0 Å². The number of allylic oxidation sites excluding steroid dienone is 2. The summed E-state index contributed by atoms with van der Waals surface area (Å²) in [5.41, 5.74) is 0. The van der Waals surface area contributed by atoms with E-state index in [0.29, 0.717) is 0 Å². The van der Waals surface area contributed by atoms with Gasteiger partial charge >= 0.3 is 8.80 Å². The van der Waals surface area contributed by atoms with E-state index < -0.39 is 8.80 Å². The van der Waals surface area contributed by atoms with Gasteiger partial charge in [-0.3, -0.25) is 0 Å². The predicted octanol–water partition coefficient (Wildman–Crippen LogP) is 4.24. The van der Waals surface area contributed by atoms with Crippen molar-refractivity contribution in [2.45, 2.75) is 85.5 Å². The van der Waals surface area contributed by atoms with Crippen molar-refractivity contribution < 1.29 is 13.3 Å². The molecule has 112 valence electrons. The predicted molar refractivity (Wildman–Crippen MR) is 81.0 cm³/mol. The lowest BCUT2D eigenvalue weighted by Gasteiger charge is -2.37. The second-order valence-electron chi connectivity index (χ2n) is 6.03. The summed E-state index contributed by atoms with van der Waals surface area (Å²) < 4.78 is 18.7. The number of rotatable bonds is 7. The van der Waals surface area contributed by atoms with E-state index in [1.54, 1.807) is 0 Å². The van der Waals surface area contributed by atoms with Gasteiger partial charge in [-0.05, 0) is 72.4 Å². The molecule has 1 rings (SSSR count). The molecule has 0 saturated heterocycles. The Morgan fingerprint density at radius 1 is 0.842 bits per heavy atom. The molecule has 1 aliphatic carbocycles. The third kappa shape index (κ3) is 5.38. The molecule has 0 N–H and O–H groups in total. The van der Waals surface area contributed by atoms with Crippen LogP contribution in [-0.4, -0.2) is 27.1 Å². The molecule has 0 amide bonds. The molecule has 0 saturated carbocycles. The Bertz CT molecular complexity index is 271. The van der Waals surface area contributed by atoms with Crippen LogP contribution in [-0.2, 0) is 13.3 Å². The Morgan fingerprint density at radius 3 is 1.63 bits per heavy atom. The fraction of sp³-hybridized carbons (Fsp3) is 0.867. The fourth-order valence-corrected chi connectivity index (χ4v) is 5.72. The van der Waals surface area contributed by atoms with Gasteiger partial charge in [0.05, 0.1) is 0 Å². The summed E-state index contributed by atoms with van der Waals surface area (Å²) in [5, 5.41) is 1.29. The minimum Gasteiger partial charge on any atom is -0.368 e. The van der Waals surface area contributed by atoms with Gasteiger partial charge in [-0.1, -0.05) is 6.08 Å². The molecule has 0 bridgehead atoms. The van der Waals surface area contributed by atoms with Gasteiger partial charge in [0, 0.05) is 18.3 Å². The monoisotopic (exact) mass is 286 g/mol. The van der Waals surface area contributed by atoms with Crippen LogP contribution in [0, 0.1) is 0 Å². The van der Waals surface area contributed by atoms with Crippen LogP contribution in [0.25, 0.3) is 0 Å². The standard InChI is InChI=1S/C15H30O3Si/c1-12(2)16-19(17-13(3)4,18-14(5)6)15-10-8-7-9-11-15/h10,12-14H,7-9,11H2,1-6H3. The zero-order valence-electron chi connectivity index (χ0n) is 13.4. The number of hydrogen-bond acceptors (Lipinski definition) is 3. The third-order valence-corrected chi connectivity index (χ3v) is 6.44. The van der Waals surface area contributed by atoms with Crippen molar-refractivity contribution in [1.29, 1.82) is 0 Å². The van der Waals surface area contributed by atoms with Crippen molar-refractivity contribution in [3.63, 3.8) is 0 Å². The molecule has 0 heterocycles. The molecule has 19 heavy (non-hydrogen) atoms. The summed E-state index contributed by atoms with van der Waals surface area (Å²) in [4.78, 5) is 0. The largest absolute Gasteiger partial charge is 0.533 e. The highest BCUT2D eigenvalue weighted by Gasteiger charge is 2.48. The quantitative estimate of drug-likeness (QED) is 0.655. The molecular formula is C15H30O3Si. The van der Waals surface area contributed by atoms with Gasteiger partial charge in [0.25, 0.3) is 0 Å². The summed E-state index contributed by atoms with van der Waals surface area (Å²) >= 11 is 0. The Morgan fingerprint density at radius 2 is 1.32 bits per heavy atom. The smallest absolute Gasteiger partial charge is 0.368 e. The minimum atomic E-state index is -2.72. The number of hydrogen-bond donors (Lipinski definition) is 0. The van der Waals surface area contributed by atoms with Gasteiger partial charge in [-0.25, -0.2) is 0 Å². The van der Waals surface area contributed by atoms with Crippen LogP contribution in [0.4, 0.5) is 0 Å². The van der Waals surface area contributed by atoms with Gasteiger partial charge in [-0.15, -0.1) is 0 Å². The lowest BCUT2D eigenvalue weighted by atomic mass is 10.1. The van der Waals surface area contributed by atoms with E-state index in [9.17, 15) is 0 Å². The van der Waals surface area contributed by atoms with Gasteiger partial charge in [0.2, 0.25) is 0 Å². The molecule has 0 spiro atoms. The fourth-order valence-electron chi connectivity index (χ4n) is 2.36. The highest BCUT2D eigenvalue weighted by atomic mass is 28.4. The molecule has 1 aliphatic rings. The molecule has 0 aromatic rings. The van der Waals surface area contributed by atoms with E-state index in [1.807, 2.05) is 0 Å². The van der Waals surface area contributed by atoms with Crippen molar-refractivity contribution in [1.82, 2.24) is 0 Å². The second kappa shape index (κ2) is 7.57. The van der Waals surface area contributed by atoms with Crippen molar-refractivity contribution in [2.24, 2.45) is 0 Å². The average molecular weight is 286 g/mol. The zero-order chi connectivity index (χ0) is 14.5. The van der Waals surface area contributed by atoms with Crippen molar-refractivity contribution in [3.05, 3.63) is 11.3 Å². The van der Waals surface area contributed by atoms with E-state index >= 15 is 0 Å². The lowest BCUT2D eigenvalue weighted by molar-refractivity contribution is 0.00996. The van der Waals surface area contributed by atoms with Crippen LogP contribution in [0.3, 0.4) is 0 Å². The highest BCUT2D eigenvalue weighted by Crippen LogP contribution is 2.32. The molecule has 0 fully saturated rings. The zero-order valence-corrected chi connectivity index (χ0v) is 14.4. The summed E-state index contributed by atoms with van der Waals surface area (Å²) in [6.07, 6.45) is 7.30. The maximum Gasteiger partial charge on any atom is 0.533 e. The Labute approximate surface area is 119 Å². The van der Waals surface area contributed by atoms with Crippen LogP contribution >= 0.6 is 0 Å². The maximum atomic E-state index is 6.23. The highest BCUT2D eigenvalue weighted by molar-refractivity contribution is 6.69. The summed E-state index contributed by atoms with van der Waals surface area (Å²) in [6, 6.07) is 0. The van der Waals surface area contributed by atoms with E-state index in [-0.39, 0.29) is 18.3 Å². The SMILES string of the molecule is CC(C)O[Si](OC(C)C)(OC(C)C)C1=CCCCC1. The summed E-state index contributed by atoms with van der Waals surface area (Å²) in [5.74, 6) is 0. The average Bonchev–Trinajstić information content (AvgIpc) is 2.27. The lowest BCUT2D eigenvalue weighted by Crippen LogP contribution is -2.53. The van der Waals surface area contributed by atoms with Crippen LogP contribution in [0.15, 0.2) is 11.3 Å². The van der Waals surface area contributed by atoms with Crippen LogP contribution in [0.2, 0.25) is 0 Å². The molecular weight excluding hydrogens is 256 g/mol. The van der Waals surface area contributed by atoms with Gasteiger partial charge < -0.3 is 13.3 Å². The molecule has 0 aromatic carbocycles. The van der Waals surface area contributed by atoms with Gasteiger partial charge in [0.15, 0.2) is 0 Å². The Hall–Kier alpha value is -0.163. The molecule has 0 unspecified atom stereocenters. The van der Waals surface area contributed by atoms with Gasteiger partial charge in [0.1, 0.15) is 0 Å². The van der Waals surface area contributed by atoms with E-state index in [0.717, 1.165) is 12.8 Å². The molecule has 0 aromatic heterocycles. The van der Waals surface area contributed by atoms with Crippen molar-refractivity contribution >= 4 is 8.80 Å². The van der Waals surface area contributed by atoms with Crippen LogP contribution < -0.4 is 0 Å². The van der Waals surface area contributed by atoms with E-state index in [2.05, 4.69) is 47.6 Å². The van der Waals surface area contributed by atoms with Gasteiger partial charge in [-0.2, -0.15) is 0 Å². The first kappa shape index (κ1) is 16.9. The van der Waals surface area contributed by atoms with E-state index in [4.69, 9.17) is 13.3 Å².